The van der Waals surface area contributed by atoms with Gasteiger partial charge in [-0.1, -0.05) is 19.4 Å². The van der Waals surface area contributed by atoms with E-state index in [0.717, 1.165) is 18.9 Å². The van der Waals surface area contributed by atoms with Gasteiger partial charge in [-0.05, 0) is 25.8 Å². The number of carbonyl (C=O) groups is 3. The molecule has 3 unspecified atom stereocenters. The molecule has 1 aliphatic carbocycles. The first-order chi connectivity index (χ1) is 9.29. The van der Waals surface area contributed by atoms with Crippen molar-refractivity contribution in [2.75, 3.05) is 6.61 Å². The lowest BCUT2D eigenvalue weighted by Crippen LogP contribution is -2.42. The Bertz CT molecular complexity index is 412. The fraction of sp³-hybridized carbons (Fsp3) is 0.643. The number of carbonyl (C=O) groups excluding carboxylic acids is 2. The monoisotopic (exact) mass is 284 g/mol. The topological polar surface area (TPSA) is 101 Å². The van der Waals surface area contributed by atoms with Crippen LogP contribution in [-0.4, -0.2) is 40.1 Å². The second-order valence-corrected chi connectivity index (χ2v) is 5.29. The van der Waals surface area contributed by atoms with E-state index in [-0.39, 0.29) is 0 Å². The number of esters is 1. The Hall–Kier alpha value is -1.69. The van der Waals surface area contributed by atoms with Crippen molar-refractivity contribution in [3.8, 4) is 0 Å². The Morgan fingerprint density at radius 3 is 2.35 bits per heavy atom. The molecule has 6 heteroatoms. The quantitative estimate of drug-likeness (QED) is 0.556. The van der Waals surface area contributed by atoms with Gasteiger partial charge >= 0.3 is 11.9 Å². The molecular formula is C14H20O6. The minimum atomic E-state index is -1.83. The largest absolute Gasteiger partial charge is 0.481 e. The average Bonchev–Trinajstić information content (AvgIpc) is 2.43. The number of hydrogen-bond donors (Lipinski definition) is 2. The molecule has 0 aromatic carbocycles. The van der Waals surface area contributed by atoms with Gasteiger partial charge < -0.3 is 14.9 Å². The van der Waals surface area contributed by atoms with Gasteiger partial charge in [0.05, 0.1) is 11.8 Å². The van der Waals surface area contributed by atoms with Crippen LogP contribution in [0.15, 0.2) is 12.7 Å². The van der Waals surface area contributed by atoms with E-state index in [4.69, 9.17) is 9.84 Å². The van der Waals surface area contributed by atoms with Crippen LogP contribution in [0.4, 0.5) is 0 Å². The third-order valence-corrected chi connectivity index (χ3v) is 3.60. The molecule has 20 heavy (non-hydrogen) atoms. The third-order valence-electron chi connectivity index (χ3n) is 3.60. The zero-order valence-corrected chi connectivity index (χ0v) is 11.5. The Labute approximate surface area is 117 Å². The molecule has 1 rings (SSSR count). The number of carboxylic acids is 1. The van der Waals surface area contributed by atoms with Crippen LogP contribution in [0.1, 0.15) is 32.6 Å². The van der Waals surface area contributed by atoms with Crippen molar-refractivity contribution in [2.24, 2.45) is 11.8 Å². The number of hydrogen-bond acceptors (Lipinski definition) is 5. The SMILES string of the molecule is C=CC(=O)C(C)(O)COC(=O)C1CCCCC1C(=O)O. The zero-order valence-electron chi connectivity index (χ0n) is 11.5. The molecule has 0 aromatic rings. The molecular weight excluding hydrogens is 264 g/mol. The summed E-state index contributed by atoms with van der Waals surface area (Å²) >= 11 is 0. The smallest absolute Gasteiger partial charge is 0.309 e. The number of aliphatic carboxylic acids is 1. The molecule has 1 saturated carbocycles. The average molecular weight is 284 g/mol. The summed E-state index contributed by atoms with van der Waals surface area (Å²) < 4.78 is 4.93. The maximum absolute atomic E-state index is 11.9. The molecule has 0 amide bonds. The molecule has 0 aliphatic heterocycles. The van der Waals surface area contributed by atoms with Gasteiger partial charge in [0.25, 0.3) is 0 Å². The predicted octanol–water partition coefficient (Wildman–Crippen LogP) is 0.927. The van der Waals surface area contributed by atoms with Crippen molar-refractivity contribution in [3.63, 3.8) is 0 Å². The molecule has 2 N–H and O–H groups in total. The van der Waals surface area contributed by atoms with Crippen LogP contribution in [0, 0.1) is 11.8 Å². The van der Waals surface area contributed by atoms with Gasteiger partial charge in [0.15, 0.2) is 11.4 Å². The van der Waals surface area contributed by atoms with Crippen LogP contribution in [0.5, 0.6) is 0 Å². The molecule has 112 valence electrons. The van der Waals surface area contributed by atoms with Crippen LogP contribution in [0.3, 0.4) is 0 Å². The summed E-state index contributed by atoms with van der Waals surface area (Å²) in [4.78, 5) is 34.4. The zero-order chi connectivity index (χ0) is 15.3. The van der Waals surface area contributed by atoms with Crippen LogP contribution >= 0.6 is 0 Å². The summed E-state index contributed by atoms with van der Waals surface area (Å²) in [5.74, 6) is -3.80. The summed E-state index contributed by atoms with van der Waals surface area (Å²) in [5.41, 5.74) is -1.83. The van der Waals surface area contributed by atoms with E-state index < -0.39 is 41.8 Å². The molecule has 6 nitrogen and oxygen atoms in total. The van der Waals surface area contributed by atoms with Crippen molar-refractivity contribution >= 4 is 17.7 Å². The van der Waals surface area contributed by atoms with Crippen molar-refractivity contribution in [3.05, 3.63) is 12.7 Å². The first-order valence-corrected chi connectivity index (χ1v) is 6.58. The highest BCUT2D eigenvalue weighted by molar-refractivity contribution is 5.96. The summed E-state index contributed by atoms with van der Waals surface area (Å²) in [6.07, 6.45) is 3.39. The van der Waals surface area contributed by atoms with E-state index >= 15 is 0 Å². The fourth-order valence-electron chi connectivity index (χ4n) is 2.32. The van der Waals surface area contributed by atoms with Crippen LogP contribution in [-0.2, 0) is 19.1 Å². The number of rotatable bonds is 6. The minimum Gasteiger partial charge on any atom is -0.481 e. The molecule has 3 atom stereocenters. The maximum atomic E-state index is 11.9. The van der Waals surface area contributed by atoms with Gasteiger partial charge in [-0.15, -0.1) is 0 Å². The Kier molecular flexibility index (Phi) is 5.44. The van der Waals surface area contributed by atoms with Crippen LogP contribution in [0.2, 0.25) is 0 Å². The van der Waals surface area contributed by atoms with Crippen LogP contribution in [0.25, 0.3) is 0 Å². The second kappa shape index (κ2) is 6.65. The van der Waals surface area contributed by atoms with E-state index in [0.29, 0.717) is 12.8 Å². The molecule has 1 fully saturated rings. The molecule has 0 aromatic heterocycles. The lowest BCUT2D eigenvalue weighted by Gasteiger charge is -2.28. The Morgan fingerprint density at radius 1 is 1.30 bits per heavy atom. The van der Waals surface area contributed by atoms with Gasteiger partial charge in [-0.25, -0.2) is 0 Å². The Balaban J connectivity index is 2.63. The molecule has 0 heterocycles. The Morgan fingerprint density at radius 2 is 1.85 bits per heavy atom. The molecule has 0 saturated heterocycles. The summed E-state index contributed by atoms with van der Waals surface area (Å²) in [6, 6.07) is 0. The van der Waals surface area contributed by atoms with Gasteiger partial charge in [0, 0.05) is 0 Å². The summed E-state index contributed by atoms with van der Waals surface area (Å²) in [6.45, 7) is 3.97. The normalized spacial score (nSPS) is 25.3. The molecule has 0 spiro atoms. The van der Waals surface area contributed by atoms with E-state index in [2.05, 4.69) is 6.58 Å². The van der Waals surface area contributed by atoms with Gasteiger partial charge in [-0.3, -0.25) is 14.4 Å². The first kappa shape index (κ1) is 16.4. The van der Waals surface area contributed by atoms with Crippen molar-refractivity contribution in [1.82, 2.24) is 0 Å². The van der Waals surface area contributed by atoms with Gasteiger partial charge in [-0.2, -0.15) is 0 Å². The van der Waals surface area contributed by atoms with Crippen LogP contribution < -0.4 is 0 Å². The highest BCUT2D eigenvalue weighted by atomic mass is 16.5. The first-order valence-electron chi connectivity index (χ1n) is 6.58. The van der Waals surface area contributed by atoms with Gasteiger partial charge in [0.2, 0.25) is 0 Å². The number of carboxylic acid groups (broad SMARTS) is 1. The van der Waals surface area contributed by atoms with Crippen molar-refractivity contribution in [2.45, 2.75) is 38.2 Å². The van der Waals surface area contributed by atoms with Crippen molar-refractivity contribution in [1.29, 1.82) is 0 Å². The maximum Gasteiger partial charge on any atom is 0.309 e. The number of ketones is 1. The molecule has 0 radical (unpaired) electrons. The molecule has 0 bridgehead atoms. The molecule has 1 aliphatic rings. The van der Waals surface area contributed by atoms with Crippen molar-refractivity contribution < 1.29 is 29.3 Å². The second-order valence-electron chi connectivity index (χ2n) is 5.29. The number of aliphatic hydroxyl groups is 1. The lowest BCUT2D eigenvalue weighted by molar-refractivity contribution is -0.165. The standard InChI is InChI=1S/C14H20O6/c1-3-11(15)14(2,19)8-20-13(18)10-7-5-4-6-9(10)12(16)17/h3,9-10,19H,1,4-8H2,2H3,(H,16,17). The van der Waals surface area contributed by atoms with Gasteiger partial charge in [0.1, 0.15) is 6.61 Å². The lowest BCUT2D eigenvalue weighted by atomic mass is 9.79. The third kappa shape index (κ3) is 3.90. The van der Waals surface area contributed by atoms with E-state index in [1.807, 2.05) is 0 Å². The summed E-state index contributed by atoms with van der Waals surface area (Å²) in [5, 5.41) is 18.9. The van der Waals surface area contributed by atoms with E-state index in [9.17, 15) is 19.5 Å². The summed E-state index contributed by atoms with van der Waals surface area (Å²) in [7, 11) is 0. The fourth-order valence-corrected chi connectivity index (χ4v) is 2.32. The van der Waals surface area contributed by atoms with E-state index in [1.165, 1.54) is 6.92 Å². The predicted molar refractivity (Wildman–Crippen MR) is 69.9 cm³/mol. The highest BCUT2D eigenvalue weighted by Crippen LogP contribution is 2.31. The minimum absolute atomic E-state index is 0.442. The highest BCUT2D eigenvalue weighted by Gasteiger charge is 2.38. The van der Waals surface area contributed by atoms with E-state index in [1.54, 1.807) is 0 Å². The number of ether oxygens (including phenoxy) is 1.